The highest BCUT2D eigenvalue weighted by molar-refractivity contribution is 5.89. The predicted molar refractivity (Wildman–Crippen MR) is 89.0 cm³/mol. The van der Waals surface area contributed by atoms with E-state index in [0.29, 0.717) is 23.3 Å². The Morgan fingerprint density at radius 3 is 2.36 bits per heavy atom. The standard InChI is InChI=1S/C20H28O2/c1-13(2)18-11-4-14(3)12-19(18)22-20(21)17-9-7-16(8-10-17)15-5-6-15/h7-10,13-15,18-19H,4-6,11-12H2,1-3H3/t14-,18+,19-/m0/s1. The van der Waals surface area contributed by atoms with Crippen molar-refractivity contribution in [3.63, 3.8) is 0 Å². The van der Waals surface area contributed by atoms with Gasteiger partial charge in [-0.05, 0) is 67.1 Å². The van der Waals surface area contributed by atoms with Gasteiger partial charge in [-0.15, -0.1) is 0 Å². The molecule has 3 rings (SSSR count). The van der Waals surface area contributed by atoms with Crippen molar-refractivity contribution in [1.82, 2.24) is 0 Å². The minimum atomic E-state index is -0.146. The van der Waals surface area contributed by atoms with Crippen LogP contribution in [0.3, 0.4) is 0 Å². The summed E-state index contributed by atoms with van der Waals surface area (Å²) in [5.74, 6) is 2.32. The van der Waals surface area contributed by atoms with Gasteiger partial charge in [0, 0.05) is 0 Å². The predicted octanol–water partition coefficient (Wildman–Crippen LogP) is 5.18. The van der Waals surface area contributed by atoms with Crippen LogP contribution in [-0.4, -0.2) is 12.1 Å². The van der Waals surface area contributed by atoms with Gasteiger partial charge in [-0.3, -0.25) is 0 Å². The minimum absolute atomic E-state index is 0.0827. The van der Waals surface area contributed by atoms with Crippen LogP contribution in [0.1, 0.15) is 74.7 Å². The highest BCUT2D eigenvalue weighted by atomic mass is 16.5. The van der Waals surface area contributed by atoms with E-state index >= 15 is 0 Å². The maximum absolute atomic E-state index is 12.5. The third kappa shape index (κ3) is 3.53. The van der Waals surface area contributed by atoms with Gasteiger partial charge in [0.1, 0.15) is 6.10 Å². The second-order valence-electron chi connectivity index (χ2n) is 7.67. The summed E-state index contributed by atoms with van der Waals surface area (Å²) in [5.41, 5.74) is 2.06. The van der Waals surface area contributed by atoms with Crippen molar-refractivity contribution in [3.05, 3.63) is 35.4 Å². The summed E-state index contributed by atoms with van der Waals surface area (Å²) < 4.78 is 5.90. The first-order valence-corrected chi connectivity index (χ1v) is 8.85. The molecule has 120 valence electrons. The Morgan fingerprint density at radius 1 is 1.09 bits per heavy atom. The van der Waals surface area contributed by atoms with Gasteiger partial charge < -0.3 is 4.74 Å². The van der Waals surface area contributed by atoms with Crippen molar-refractivity contribution >= 4 is 5.97 Å². The molecule has 0 aliphatic heterocycles. The second kappa shape index (κ2) is 6.44. The molecule has 1 aromatic rings. The van der Waals surface area contributed by atoms with E-state index in [1.165, 1.54) is 31.2 Å². The molecule has 0 amide bonds. The number of rotatable bonds is 4. The van der Waals surface area contributed by atoms with Crippen molar-refractivity contribution < 1.29 is 9.53 Å². The topological polar surface area (TPSA) is 26.3 Å². The average molecular weight is 300 g/mol. The molecule has 0 unspecified atom stereocenters. The molecule has 0 N–H and O–H groups in total. The van der Waals surface area contributed by atoms with Crippen molar-refractivity contribution in [2.75, 3.05) is 0 Å². The molecule has 1 aromatic carbocycles. The lowest BCUT2D eigenvalue weighted by atomic mass is 9.75. The maximum atomic E-state index is 12.5. The molecule has 0 spiro atoms. The molecule has 2 aliphatic rings. The van der Waals surface area contributed by atoms with Gasteiger partial charge in [0.2, 0.25) is 0 Å². The number of benzene rings is 1. The summed E-state index contributed by atoms with van der Waals surface area (Å²) in [6.45, 7) is 6.75. The zero-order valence-corrected chi connectivity index (χ0v) is 14.0. The highest BCUT2D eigenvalue weighted by Crippen LogP contribution is 2.40. The number of carbonyl (C=O) groups excluding carboxylic acids is 1. The molecule has 2 saturated carbocycles. The van der Waals surface area contributed by atoms with E-state index in [2.05, 4.69) is 32.9 Å². The van der Waals surface area contributed by atoms with Gasteiger partial charge in [0.25, 0.3) is 0 Å². The first-order chi connectivity index (χ1) is 10.5. The number of carbonyl (C=O) groups is 1. The van der Waals surface area contributed by atoms with Gasteiger partial charge in [0.05, 0.1) is 5.56 Å². The average Bonchev–Trinajstić information content (AvgIpc) is 3.32. The van der Waals surface area contributed by atoms with Crippen LogP contribution in [0.25, 0.3) is 0 Å². The normalized spacial score (nSPS) is 28.6. The summed E-state index contributed by atoms with van der Waals surface area (Å²) >= 11 is 0. The van der Waals surface area contributed by atoms with Gasteiger partial charge in [-0.1, -0.05) is 39.3 Å². The first-order valence-electron chi connectivity index (χ1n) is 8.85. The van der Waals surface area contributed by atoms with E-state index in [9.17, 15) is 4.79 Å². The van der Waals surface area contributed by atoms with Crippen LogP contribution in [0.15, 0.2) is 24.3 Å². The van der Waals surface area contributed by atoms with E-state index in [-0.39, 0.29) is 12.1 Å². The fourth-order valence-corrected chi connectivity index (χ4v) is 3.76. The molecule has 0 heterocycles. The summed E-state index contributed by atoms with van der Waals surface area (Å²) in [7, 11) is 0. The van der Waals surface area contributed by atoms with E-state index < -0.39 is 0 Å². The van der Waals surface area contributed by atoms with Gasteiger partial charge in [-0.25, -0.2) is 4.79 Å². The van der Waals surface area contributed by atoms with Crippen molar-refractivity contribution in [1.29, 1.82) is 0 Å². The first kappa shape index (κ1) is 15.6. The number of hydrogen-bond donors (Lipinski definition) is 0. The highest BCUT2D eigenvalue weighted by Gasteiger charge is 2.33. The molecule has 3 atom stereocenters. The lowest BCUT2D eigenvalue weighted by molar-refractivity contribution is -0.0174. The molecule has 2 heteroatoms. The SMILES string of the molecule is CC(C)[C@H]1CC[C@H](C)C[C@@H]1OC(=O)c1ccc(C2CC2)cc1. The lowest BCUT2D eigenvalue weighted by Crippen LogP contribution is -2.35. The van der Waals surface area contributed by atoms with E-state index in [1.54, 1.807) is 0 Å². The van der Waals surface area contributed by atoms with Crippen LogP contribution in [0.4, 0.5) is 0 Å². The summed E-state index contributed by atoms with van der Waals surface area (Å²) in [6.07, 6.45) is 6.11. The zero-order valence-electron chi connectivity index (χ0n) is 14.0. The van der Waals surface area contributed by atoms with E-state index in [4.69, 9.17) is 4.74 Å². The van der Waals surface area contributed by atoms with Crippen molar-refractivity contribution in [2.24, 2.45) is 17.8 Å². The quantitative estimate of drug-likeness (QED) is 0.716. The second-order valence-corrected chi connectivity index (χ2v) is 7.67. The van der Waals surface area contributed by atoms with E-state index in [1.807, 2.05) is 12.1 Å². The van der Waals surface area contributed by atoms with E-state index in [0.717, 1.165) is 12.3 Å². The Labute approximate surface area is 134 Å². The Balaban J connectivity index is 1.65. The summed E-state index contributed by atoms with van der Waals surface area (Å²) in [5, 5.41) is 0. The molecule has 2 nitrogen and oxygen atoms in total. The fraction of sp³-hybridized carbons (Fsp3) is 0.650. The van der Waals surface area contributed by atoms with Crippen LogP contribution in [0, 0.1) is 17.8 Å². The minimum Gasteiger partial charge on any atom is -0.458 e. The molecule has 2 fully saturated rings. The Hall–Kier alpha value is -1.31. The van der Waals surface area contributed by atoms with Gasteiger partial charge in [0.15, 0.2) is 0 Å². The number of ether oxygens (including phenoxy) is 1. The van der Waals surface area contributed by atoms with Crippen LogP contribution >= 0.6 is 0 Å². The molecule has 2 aliphatic carbocycles. The number of hydrogen-bond acceptors (Lipinski definition) is 2. The molecule has 0 bridgehead atoms. The molecule has 0 saturated heterocycles. The Kier molecular flexibility index (Phi) is 4.56. The Morgan fingerprint density at radius 2 is 1.77 bits per heavy atom. The molecular weight excluding hydrogens is 272 g/mol. The molecule has 0 aromatic heterocycles. The third-order valence-corrected chi connectivity index (χ3v) is 5.41. The van der Waals surface area contributed by atoms with Gasteiger partial charge >= 0.3 is 5.97 Å². The Bertz CT molecular complexity index is 513. The van der Waals surface area contributed by atoms with Crippen LogP contribution in [0.5, 0.6) is 0 Å². The summed E-state index contributed by atoms with van der Waals surface area (Å²) in [6, 6.07) is 8.06. The van der Waals surface area contributed by atoms with Crippen LogP contribution in [0.2, 0.25) is 0 Å². The van der Waals surface area contributed by atoms with Gasteiger partial charge in [-0.2, -0.15) is 0 Å². The van der Waals surface area contributed by atoms with Crippen molar-refractivity contribution in [3.8, 4) is 0 Å². The largest absolute Gasteiger partial charge is 0.458 e. The maximum Gasteiger partial charge on any atom is 0.338 e. The number of esters is 1. The smallest absolute Gasteiger partial charge is 0.338 e. The molecule has 0 radical (unpaired) electrons. The monoisotopic (exact) mass is 300 g/mol. The lowest BCUT2D eigenvalue weighted by Gasteiger charge is -2.36. The molecule has 22 heavy (non-hydrogen) atoms. The third-order valence-electron chi connectivity index (χ3n) is 5.41. The fourth-order valence-electron chi connectivity index (χ4n) is 3.76. The zero-order chi connectivity index (χ0) is 15.7. The van der Waals surface area contributed by atoms with Crippen LogP contribution in [-0.2, 0) is 4.74 Å². The summed E-state index contributed by atoms with van der Waals surface area (Å²) in [4.78, 5) is 12.5. The molecular formula is C20H28O2. The van der Waals surface area contributed by atoms with Crippen LogP contribution < -0.4 is 0 Å². The van der Waals surface area contributed by atoms with Crippen molar-refractivity contribution in [2.45, 2.75) is 64.9 Å².